The van der Waals surface area contributed by atoms with Crippen molar-refractivity contribution >= 4 is 5.91 Å². The molecule has 0 saturated carbocycles. The lowest BCUT2D eigenvalue weighted by atomic mass is 9.98. The van der Waals surface area contributed by atoms with E-state index in [1.165, 1.54) is 32.1 Å². The van der Waals surface area contributed by atoms with Crippen LogP contribution < -0.4 is 5.32 Å². The molecule has 1 aliphatic heterocycles. The van der Waals surface area contributed by atoms with E-state index in [0.717, 1.165) is 70.6 Å². The molecular formula is C45H79NO10. The minimum Gasteiger partial charge on any atom is -0.394 e. The zero-order valence-corrected chi connectivity index (χ0v) is 34.6. The molecule has 0 aromatic carbocycles. The van der Waals surface area contributed by atoms with E-state index in [9.17, 15) is 40.5 Å². The Kier molecular flexibility index (Phi) is 32.2. The topological polar surface area (TPSA) is 189 Å². The van der Waals surface area contributed by atoms with Crippen molar-refractivity contribution in [3.63, 3.8) is 0 Å². The van der Waals surface area contributed by atoms with Crippen LogP contribution in [0.15, 0.2) is 60.8 Å². The Bertz CT molecular complexity index is 1090. The molecule has 8 N–H and O–H groups in total. The Balaban J connectivity index is 2.56. The number of hydrogen-bond acceptors (Lipinski definition) is 10. The van der Waals surface area contributed by atoms with Crippen LogP contribution in [0, 0.1) is 0 Å². The van der Waals surface area contributed by atoms with Gasteiger partial charge in [0, 0.05) is 0 Å². The molecule has 56 heavy (non-hydrogen) atoms. The summed E-state index contributed by atoms with van der Waals surface area (Å²) in [5.41, 5.74) is 0. The Labute approximate surface area is 338 Å². The monoisotopic (exact) mass is 794 g/mol. The van der Waals surface area contributed by atoms with Crippen LogP contribution in [0.1, 0.15) is 149 Å². The number of ether oxygens (including phenoxy) is 2. The fourth-order valence-electron chi connectivity index (χ4n) is 6.33. The molecular weight excluding hydrogens is 714 g/mol. The third-order valence-electron chi connectivity index (χ3n) is 10.0. The first-order valence-electron chi connectivity index (χ1n) is 21.7. The summed E-state index contributed by atoms with van der Waals surface area (Å²) in [4.78, 5) is 13.0. The van der Waals surface area contributed by atoms with Crippen molar-refractivity contribution in [2.75, 3.05) is 13.2 Å². The molecule has 0 spiro atoms. The van der Waals surface area contributed by atoms with Crippen molar-refractivity contribution in [1.82, 2.24) is 5.32 Å². The first kappa shape index (κ1) is 51.8. The largest absolute Gasteiger partial charge is 0.394 e. The van der Waals surface area contributed by atoms with Crippen LogP contribution >= 0.6 is 0 Å². The Morgan fingerprint density at radius 1 is 0.625 bits per heavy atom. The molecule has 0 aromatic heterocycles. The van der Waals surface area contributed by atoms with Gasteiger partial charge in [-0.1, -0.05) is 126 Å². The van der Waals surface area contributed by atoms with Crippen molar-refractivity contribution in [1.29, 1.82) is 0 Å². The SMILES string of the molecule is CCCC/C=C/CC/C=C/CC/C=C/CCCC(O)C(O)C(COC1OC(CO)C(O)C(O)C1O)NC(=O)C(O)CCCCCCC/C=C\C=C/CCCCC. The maximum atomic E-state index is 13.0. The van der Waals surface area contributed by atoms with Gasteiger partial charge in [-0.15, -0.1) is 0 Å². The van der Waals surface area contributed by atoms with Crippen molar-refractivity contribution in [2.45, 2.75) is 204 Å². The minimum atomic E-state index is -1.68. The second-order valence-electron chi connectivity index (χ2n) is 15.1. The van der Waals surface area contributed by atoms with E-state index in [1.807, 2.05) is 6.08 Å². The number of hydrogen-bond donors (Lipinski definition) is 8. The predicted octanol–water partition coefficient (Wildman–Crippen LogP) is 6.38. The number of unbranched alkanes of at least 4 members (excludes halogenated alkanes) is 13. The molecule has 11 heteroatoms. The van der Waals surface area contributed by atoms with Gasteiger partial charge in [0.2, 0.25) is 5.91 Å². The summed E-state index contributed by atoms with van der Waals surface area (Å²) in [6, 6.07) is -1.20. The van der Waals surface area contributed by atoms with Crippen LogP contribution in [-0.2, 0) is 14.3 Å². The highest BCUT2D eigenvalue weighted by molar-refractivity contribution is 5.80. The number of rotatable bonds is 34. The van der Waals surface area contributed by atoms with E-state index >= 15 is 0 Å². The smallest absolute Gasteiger partial charge is 0.249 e. The van der Waals surface area contributed by atoms with E-state index in [4.69, 9.17) is 9.47 Å². The molecule has 1 rings (SSSR count). The van der Waals surface area contributed by atoms with Gasteiger partial charge in [-0.2, -0.15) is 0 Å². The lowest BCUT2D eigenvalue weighted by Gasteiger charge is -2.40. The van der Waals surface area contributed by atoms with Crippen LogP contribution in [0.2, 0.25) is 0 Å². The van der Waals surface area contributed by atoms with Gasteiger partial charge in [-0.25, -0.2) is 0 Å². The number of carbonyl (C=O) groups excluding carboxylic acids is 1. The Morgan fingerprint density at radius 2 is 1.14 bits per heavy atom. The van der Waals surface area contributed by atoms with Gasteiger partial charge >= 0.3 is 0 Å². The fourth-order valence-corrected chi connectivity index (χ4v) is 6.33. The fraction of sp³-hybridized carbons (Fsp3) is 0.756. The van der Waals surface area contributed by atoms with Crippen molar-refractivity contribution < 1.29 is 50.0 Å². The normalized spacial score (nSPS) is 22.9. The molecule has 0 bridgehead atoms. The van der Waals surface area contributed by atoms with Crippen molar-refractivity contribution in [3.8, 4) is 0 Å². The highest BCUT2D eigenvalue weighted by Gasteiger charge is 2.44. The number of aliphatic hydroxyl groups excluding tert-OH is 7. The summed E-state index contributed by atoms with van der Waals surface area (Å²) in [6.45, 7) is 3.30. The quantitative estimate of drug-likeness (QED) is 0.0206. The van der Waals surface area contributed by atoms with Crippen LogP contribution in [0.4, 0.5) is 0 Å². The molecule has 1 aliphatic rings. The van der Waals surface area contributed by atoms with Crippen LogP contribution in [0.3, 0.4) is 0 Å². The first-order valence-corrected chi connectivity index (χ1v) is 21.7. The second-order valence-corrected chi connectivity index (χ2v) is 15.1. The van der Waals surface area contributed by atoms with Gasteiger partial charge in [0.15, 0.2) is 6.29 Å². The molecule has 9 atom stereocenters. The van der Waals surface area contributed by atoms with E-state index in [-0.39, 0.29) is 12.8 Å². The Hall–Kier alpha value is -2.19. The number of carbonyl (C=O) groups is 1. The summed E-state index contributed by atoms with van der Waals surface area (Å²) in [5, 5.41) is 75.4. The molecule has 0 aromatic rings. The number of allylic oxidation sites excluding steroid dienone is 10. The lowest BCUT2D eigenvalue weighted by Crippen LogP contribution is -2.60. The van der Waals surface area contributed by atoms with Crippen LogP contribution in [0.5, 0.6) is 0 Å². The van der Waals surface area contributed by atoms with Gasteiger partial charge in [-0.3, -0.25) is 4.79 Å². The maximum Gasteiger partial charge on any atom is 0.249 e. The summed E-state index contributed by atoms with van der Waals surface area (Å²) < 4.78 is 11.0. The third-order valence-corrected chi connectivity index (χ3v) is 10.0. The molecule has 9 unspecified atom stereocenters. The Morgan fingerprint density at radius 3 is 1.73 bits per heavy atom. The summed E-state index contributed by atoms with van der Waals surface area (Å²) in [5.74, 6) is -0.730. The van der Waals surface area contributed by atoms with Gasteiger partial charge < -0.3 is 50.5 Å². The zero-order chi connectivity index (χ0) is 41.2. The lowest BCUT2D eigenvalue weighted by molar-refractivity contribution is -0.303. The highest BCUT2D eigenvalue weighted by Crippen LogP contribution is 2.23. The summed E-state index contributed by atoms with van der Waals surface area (Å²) in [7, 11) is 0. The molecule has 324 valence electrons. The summed E-state index contributed by atoms with van der Waals surface area (Å²) >= 11 is 0. The maximum absolute atomic E-state index is 13.0. The van der Waals surface area contributed by atoms with Crippen LogP contribution in [-0.4, -0.2) is 110 Å². The van der Waals surface area contributed by atoms with Crippen LogP contribution in [0.25, 0.3) is 0 Å². The van der Waals surface area contributed by atoms with Crippen molar-refractivity contribution in [3.05, 3.63) is 60.8 Å². The van der Waals surface area contributed by atoms with Gasteiger partial charge in [0.05, 0.1) is 25.4 Å². The number of aliphatic hydroxyl groups is 7. The highest BCUT2D eigenvalue weighted by atomic mass is 16.7. The zero-order valence-electron chi connectivity index (χ0n) is 34.6. The van der Waals surface area contributed by atoms with Gasteiger partial charge in [0.25, 0.3) is 0 Å². The van der Waals surface area contributed by atoms with E-state index in [0.29, 0.717) is 19.3 Å². The van der Waals surface area contributed by atoms with Gasteiger partial charge in [-0.05, 0) is 83.5 Å². The number of amides is 1. The predicted molar refractivity (Wildman–Crippen MR) is 224 cm³/mol. The molecule has 1 amide bonds. The molecule has 1 fully saturated rings. The molecule has 0 aliphatic carbocycles. The molecule has 1 saturated heterocycles. The van der Waals surface area contributed by atoms with Crippen molar-refractivity contribution in [2.24, 2.45) is 0 Å². The standard InChI is InChI=1S/C45H79NO10/c1-3-5-7-9-11-13-15-17-19-21-22-24-26-28-30-32-37(48)40(50)36(35-55-45-43(53)42(52)41(51)39(34-47)56-45)46-44(54)38(49)33-31-29-27-25-23-20-18-16-14-12-10-8-6-4-2/h9,11-12,14,16-19,24,26,36-43,45,47-53H,3-8,10,13,15,20-23,25,27-35H2,1-2H3,(H,46,54)/b11-9+,14-12-,18-16-,19-17+,26-24+. The minimum absolute atomic E-state index is 0.228. The average Bonchev–Trinajstić information content (AvgIpc) is 3.20. The first-order chi connectivity index (χ1) is 27.2. The van der Waals surface area contributed by atoms with E-state index in [1.54, 1.807) is 0 Å². The van der Waals surface area contributed by atoms with E-state index < -0.39 is 74.2 Å². The summed E-state index contributed by atoms with van der Waals surface area (Å²) in [6.07, 6.45) is 29.8. The average molecular weight is 794 g/mol. The molecule has 0 radical (unpaired) electrons. The second kappa shape index (κ2) is 34.8. The van der Waals surface area contributed by atoms with Gasteiger partial charge in [0.1, 0.15) is 36.6 Å². The molecule has 11 nitrogen and oxygen atoms in total. The third kappa shape index (κ3) is 24.6. The van der Waals surface area contributed by atoms with E-state index in [2.05, 4.69) is 73.8 Å². The molecule has 1 heterocycles. The number of nitrogens with one attached hydrogen (secondary N) is 1.